The summed E-state index contributed by atoms with van der Waals surface area (Å²) < 4.78 is 0. The van der Waals surface area contributed by atoms with Crippen molar-refractivity contribution in [3.8, 4) is 5.75 Å². The molecule has 2 aromatic rings. The third kappa shape index (κ3) is 3.24. The Bertz CT molecular complexity index is 640. The standard InChI is InChI=1S/C18H21NO2/c1-4-13-7-6-8-14(5-2)17(13)19-18(21)15-10-9-12(3)16(20)11-15/h6-11,20H,4-5H2,1-3H3,(H,19,21). The van der Waals surface area contributed by atoms with E-state index in [1.54, 1.807) is 19.1 Å². The monoisotopic (exact) mass is 283 g/mol. The lowest BCUT2D eigenvalue weighted by Crippen LogP contribution is -2.14. The quantitative estimate of drug-likeness (QED) is 0.888. The number of carbonyl (C=O) groups excluding carboxylic acids is 1. The van der Waals surface area contributed by atoms with Gasteiger partial charge in [-0.2, -0.15) is 0 Å². The van der Waals surface area contributed by atoms with E-state index in [2.05, 4.69) is 19.2 Å². The van der Waals surface area contributed by atoms with Crippen LogP contribution >= 0.6 is 0 Å². The summed E-state index contributed by atoms with van der Waals surface area (Å²) in [5, 5.41) is 12.7. The third-order valence-corrected chi connectivity index (χ3v) is 3.71. The van der Waals surface area contributed by atoms with Crippen LogP contribution in [0.1, 0.15) is 40.9 Å². The molecule has 0 aromatic heterocycles. The van der Waals surface area contributed by atoms with E-state index in [4.69, 9.17) is 0 Å². The SMILES string of the molecule is CCc1cccc(CC)c1NC(=O)c1ccc(C)c(O)c1. The molecule has 0 aliphatic rings. The zero-order valence-corrected chi connectivity index (χ0v) is 12.7. The predicted molar refractivity (Wildman–Crippen MR) is 86.0 cm³/mol. The van der Waals surface area contributed by atoms with Gasteiger partial charge in [-0.3, -0.25) is 4.79 Å². The predicted octanol–water partition coefficient (Wildman–Crippen LogP) is 4.08. The van der Waals surface area contributed by atoms with Crippen molar-refractivity contribution < 1.29 is 9.90 Å². The Labute approximate surface area is 125 Å². The van der Waals surface area contributed by atoms with Crippen LogP contribution in [0.4, 0.5) is 5.69 Å². The molecule has 0 spiro atoms. The first kappa shape index (κ1) is 15.1. The highest BCUT2D eigenvalue weighted by Crippen LogP contribution is 2.24. The van der Waals surface area contributed by atoms with Crippen molar-refractivity contribution in [2.24, 2.45) is 0 Å². The molecule has 0 atom stereocenters. The van der Waals surface area contributed by atoms with Crippen molar-refractivity contribution >= 4 is 11.6 Å². The highest BCUT2D eigenvalue weighted by molar-refractivity contribution is 6.05. The Morgan fingerprint density at radius 3 is 2.24 bits per heavy atom. The van der Waals surface area contributed by atoms with Crippen LogP contribution in [-0.2, 0) is 12.8 Å². The number of phenolic OH excluding ortho intramolecular Hbond substituents is 1. The van der Waals surface area contributed by atoms with Gasteiger partial charge in [0.1, 0.15) is 5.75 Å². The maximum absolute atomic E-state index is 12.4. The first-order chi connectivity index (χ1) is 10.1. The van der Waals surface area contributed by atoms with Gasteiger partial charge in [-0.15, -0.1) is 0 Å². The van der Waals surface area contributed by atoms with Crippen molar-refractivity contribution in [1.29, 1.82) is 0 Å². The minimum absolute atomic E-state index is 0.141. The van der Waals surface area contributed by atoms with E-state index in [1.807, 2.05) is 18.2 Å². The molecule has 0 aliphatic heterocycles. The van der Waals surface area contributed by atoms with Gasteiger partial charge in [0.15, 0.2) is 0 Å². The number of carbonyl (C=O) groups is 1. The number of hydrogen-bond donors (Lipinski definition) is 2. The maximum atomic E-state index is 12.4. The molecule has 0 aliphatic carbocycles. The Morgan fingerprint density at radius 2 is 1.71 bits per heavy atom. The summed E-state index contributed by atoms with van der Waals surface area (Å²) in [4.78, 5) is 12.4. The zero-order chi connectivity index (χ0) is 15.4. The van der Waals surface area contributed by atoms with Crippen LogP contribution in [0, 0.1) is 6.92 Å². The van der Waals surface area contributed by atoms with Gasteiger partial charge in [0.05, 0.1) is 0 Å². The molecule has 3 nitrogen and oxygen atoms in total. The summed E-state index contributed by atoms with van der Waals surface area (Å²) in [6.45, 7) is 5.95. The average molecular weight is 283 g/mol. The van der Waals surface area contributed by atoms with Gasteiger partial charge in [0.25, 0.3) is 5.91 Å². The van der Waals surface area contributed by atoms with Crippen molar-refractivity contribution in [3.63, 3.8) is 0 Å². The average Bonchev–Trinajstić information content (AvgIpc) is 2.50. The third-order valence-electron chi connectivity index (χ3n) is 3.71. The van der Waals surface area contributed by atoms with E-state index in [0.29, 0.717) is 5.56 Å². The van der Waals surface area contributed by atoms with Crippen LogP contribution in [0.5, 0.6) is 5.75 Å². The van der Waals surface area contributed by atoms with E-state index >= 15 is 0 Å². The van der Waals surface area contributed by atoms with E-state index < -0.39 is 0 Å². The fourth-order valence-corrected chi connectivity index (χ4v) is 2.34. The zero-order valence-electron chi connectivity index (χ0n) is 12.7. The number of phenols is 1. The molecule has 0 bridgehead atoms. The summed E-state index contributed by atoms with van der Waals surface area (Å²) in [6, 6.07) is 11.1. The normalized spacial score (nSPS) is 10.4. The Kier molecular flexibility index (Phi) is 4.63. The van der Waals surface area contributed by atoms with Crippen LogP contribution in [0.2, 0.25) is 0 Å². The fraction of sp³-hybridized carbons (Fsp3) is 0.278. The van der Waals surface area contributed by atoms with Crippen LogP contribution in [0.25, 0.3) is 0 Å². The number of aryl methyl sites for hydroxylation is 3. The van der Waals surface area contributed by atoms with E-state index in [1.165, 1.54) is 6.07 Å². The van der Waals surface area contributed by atoms with Gasteiger partial charge >= 0.3 is 0 Å². The molecule has 0 heterocycles. The van der Waals surface area contributed by atoms with Crippen LogP contribution in [0.15, 0.2) is 36.4 Å². The van der Waals surface area contributed by atoms with Gasteiger partial charge in [-0.25, -0.2) is 0 Å². The van der Waals surface area contributed by atoms with E-state index in [9.17, 15) is 9.90 Å². The molecular formula is C18H21NO2. The van der Waals surface area contributed by atoms with Crippen molar-refractivity contribution in [3.05, 3.63) is 58.7 Å². The molecule has 1 amide bonds. The minimum atomic E-state index is -0.194. The number of rotatable bonds is 4. The number of amides is 1. The molecule has 0 saturated carbocycles. The number of para-hydroxylation sites is 1. The number of anilines is 1. The van der Waals surface area contributed by atoms with Gasteiger partial charge in [-0.1, -0.05) is 38.1 Å². The molecule has 2 aromatic carbocycles. The molecule has 2 rings (SSSR count). The molecule has 3 heteroatoms. The first-order valence-corrected chi connectivity index (χ1v) is 7.28. The summed E-state index contributed by atoms with van der Waals surface area (Å²) in [5.41, 5.74) is 4.37. The number of aromatic hydroxyl groups is 1. The smallest absolute Gasteiger partial charge is 0.255 e. The molecule has 0 saturated heterocycles. The highest BCUT2D eigenvalue weighted by atomic mass is 16.3. The number of nitrogens with one attached hydrogen (secondary N) is 1. The fourth-order valence-electron chi connectivity index (χ4n) is 2.34. The molecule has 0 unspecified atom stereocenters. The molecule has 0 fully saturated rings. The van der Waals surface area contributed by atoms with Gasteiger partial charge < -0.3 is 10.4 Å². The molecular weight excluding hydrogens is 262 g/mol. The van der Waals surface area contributed by atoms with Gasteiger partial charge in [0.2, 0.25) is 0 Å². The minimum Gasteiger partial charge on any atom is -0.508 e. The summed E-state index contributed by atoms with van der Waals surface area (Å²) >= 11 is 0. The number of benzene rings is 2. The summed E-state index contributed by atoms with van der Waals surface area (Å²) in [6.07, 6.45) is 1.73. The topological polar surface area (TPSA) is 49.3 Å². The molecule has 21 heavy (non-hydrogen) atoms. The highest BCUT2D eigenvalue weighted by Gasteiger charge is 2.12. The second-order valence-electron chi connectivity index (χ2n) is 5.11. The lowest BCUT2D eigenvalue weighted by molar-refractivity contribution is 0.102. The summed E-state index contributed by atoms with van der Waals surface area (Å²) in [7, 11) is 0. The Hall–Kier alpha value is -2.29. The van der Waals surface area contributed by atoms with Crippen molar-refractivity contribution in [2.75, 3.05) is 5.32 Å². The van der Waals surface area contributed by atoms with Gasteiger partial charge in [0, 0.05) is 11.3 Å². The largest absolute Gasteiger partial charge is 0.508 e. The Morgan fingerprint density at radius 1 is 1.10 bits per heavy atom. The summed E-state index contributed by atoms with van der Waals surface area (Å²) in [5.74, 6) is -0.0527. The van der Waals surface area contributed by atoms with E-state index in [-0.39, 0.29) is 11.7 Å². The lowest BCUT2D eigenvalue weighted by Gasteiger charge is -2.14. The molecule has 0 radical (unpaired) electrons. The first-order valence-electron chi connectivity index (χ1n) is 7.28. The van der Waals surface area contributed by atoms with Crippen LogP contribution in [0.3, 0.4) is 0 Å². The molecule has 2 N–H and O–H groups in total. The molecule has 110 valence electrons. The van der Waals surface area contributed by atoms with Crippen molar-refractivity contribution in [2.45, 2.75) is 33.6 Å². The van der Waals surface area contributed by atoms with Gasteiger partial charge in [-0.05, 0) is 48.6 Å². The van der Waals surface area contributed by atoms with Crippen molar-refractivity contribution in [1.82, 2.24) is 0 Å². The lowest BCUT2D eigenvalue weighted by atomic mass is 10.0. The van der Waals surface area contributed by atoms with Crippen LogP contribution < -0.4 is 5.32 Å². The van der Waals surface area contributed by atoms with E-state index in [0.717, 1.165) is 35.2 Å². The van der Waals surface area contributed by atoms with Crippen LogP contribution in [-0.4, -0.2) is 11.0 Å². The number of hydrogen-bond acceptors (Lipinski definition) is 2. The second kappa shape index (κ2) is 6.44. The maximum Gasteiger partial charge on any atom is 0.255 e. The second-order valence-corrected chi connectivity index (χ2v) is 5.11. The Balaban J connectivity index is 2.33.